The number of halogens is 2. The fourth-order valence-corrected chi connectivity index (χ4v) is 2.07. The number of benzene rings is 2. The number of anilines is 1. The molecule has 0 aliphatic rings. The third kappa shape index (κ3) is 5.30. The molecule has 8 nitrogen and oxygen atoms in total. The molecule has 0 spiro atoms. The van der Waals surface area contributed by atoms with Crippen LogP contribution in [0.3, 0.4) is 0 Å². The van der Waals surface area contributed by atoms with Crippen molar-refractivity contribution >= 4 is 40.6 Å². The van der Waals surface area contributed by atoms with Gasteiger partial charge in [0.2, 0.25) is 5.78 Å². The van der Waals surface area contributed by atoms with Crippen molar-refractivity contribution < 1.29 is 19.1 Å². The largest absolute Gasteiger partial charge is 0.397 e. The minimum Gasteiger partial charge on any atom is -0.397 e. The van der Waals surface area contributed by atoms with Gasteiger partial charge in [-0.15, -0.1) is 0 Å². The van der Waals surface area contributed by atoms with Crippen molar-refractivity contribution in [2.45, 2.75) is 0 Å². The van der Waals surface area contributed by atoms with Crippen molar-refractivity contribution in [3.8, 4) is 5.75 Å². The highest BCUT2D eigenvalue weighted by molar-refractivity contribution is 6.33. The standard InChI is InChI=1S/C13H8Cl2N2O4.C2H7NO/c14-9-6-11(17(19)20)8(5-10(9)16)13(18)7-3-1-2-4-12(7)21-15;3-1-2-4/h1-6H,16H2;4H,1-3H2. The number of aliphatic hydroxyl groups is 1. The van der Waals surface area contributed by atoms with Crippen LogP contribution in [-0.2, 0) is 0 Å². The highest BCUT2D eigenvalue weighted by Gasteiger charge is 2.25. The fourth-order valence-electron chi connectivity index (χ4n) is 1.78. The second kappa shape index (κ2) is 9.80. The average Bonchev–Trinajstić information content (AvgIpc) is 2.62. The van der Waals surface area contributed by atoms with Crippen molar-refractivity contribution in [2.75, 3.05) is 18.9 Å². The maximum Gasteiger partial charge on any atom is 0.282 e. The van der Waals surface area contributed by atoms with Crippen molar-refractivity contribution in [3.63, 3.8) is 0 Å². The summed E-state index contributed by atoms with van der Waals surface area (Å²) in [6, 6.07) is 8.29. The number of nitro groups is 1. The quantitative estimate of drug-likeness (QED) is 0.309. The number of nitro benzene ring substituents is 1. The van der Waals surface area contributed by atoms with Gasteiger partial charge in [0.25, 0.3) is 5.69 Å². The average molecular weight is 388 g/mol. The summed E-state index contributed by atoms with van der Waals surface area (Å²) >= 11 is 11.0. The summed E-state index contributed by atoms with van der Waals surface area (Å²) in [4.78, 5) is 22.8. The number of hydrogen-bond acceptors (Lipinski definition) is 7. The van der Waals surface area contributed by atoms with E-state index in [0.29, 0.717) is 6.54 Å². The van der Waals surface area contributed by atoms with Gasteiger partial charge in [0.15, 0.2) is 5.75 Å². The molecule has 0 amide bonds. The fraction of sp³-hybridized carbons (Fsp3) is 0.133. The molecule has 2 aromatic rings. The lowest BCUT2D eigenvalue weighted by Gasteiger charge is -2.07. The van der Waals surface area contributed by atoms with Crippen LogP contribution < -0.4 is 15.8 Å². The molecule has 10 heteroatoms. The van der Waals surface area contributed by atoms with Crippen molar-refractivity contribution in [1.82, 2.24) is 0 Å². The van der Waals surface area contributed by atoms with E-state index in [0.717, 1.165) is 12.1 Å². The summed E-state index contributed by atoms with van der Waals surface area (Å²) in [5.41, 5.74) is 9.90. The van der Waals surface area contributed by atoms with Gasteiger partial charge in [0, 0.05) is 12.6 Å². The molecular formula is C15H15Cl2N3O5. The zero-order chi connectivity index (χ0) is 19.0. The minimum atomic E-state index is -0.706. The van der Waals surface area contributed by atoms with Crippen LogP contribution in [0.4, 0.5) is 11.4 Å². The Kier molecular flexibility index (Phi) is 8.09. The van der Waals surface area contributed by atoms with E-state index < -0.39 is 16.4 Å². The molecule has 2 aromatic carbocycles. The second-order valence-electron chi connectivity index (χ2n) is 4.56. The Morgan fingerprint density at radius 3 is 2.40 bits per heavy atom. The third-order valence-corrected chi connectivity index (χ3v) is 3.39. The molecule has 0 saturated carbocycles. The van der Waals surface area contributed by atoms with E-state index in [1.165, 1.54) is 12.1 Å². The minimum absolute atomic E-state index is 0.000119. The van der Waals surface area contributed by atoms with E-state index in [2.05, 4.69) is 4.29 Å². The van der Waals surface area contributed by atoms with Crippen LogP contribution in [0.15, 0.2) is 36.4 Å². The molecule has 0 aliphatic carbocycles. The highest BCUT2D eigenvalue weighted by atomic mass is 35.5. The Bertz CT molecular complexity index is 769. The first kappa shape index (κ1) is 20.7. The van der Waals surface area contributed by atoms with E-state index in [9.17, 15) is 14.9 Å². The summed E-state index contributed by atoms with van der Waals surface area (Å²) in [5.74, 6) is -0.548. The summed E-state index contributed by atoms with van der Waals surface area (Å²) in [6.45, 7) is 0.472. The van der Waals surface area contributed by atoms with Gasteiger partial charge >= 0.3 is 0 Å². The Morgan fingerprint density at radius 1 is 1.28 bits per heavy atom. The second-order valence-corrected chi connectivity index (χ2v) is 5.12. The van der Waals surface area contributed by atoms with Gasteiger partial charge in [-0.25, -0.2) is 0 Å². The van der Waals surface area contributed by atoms with Gasteiger partial charge in [0.1, 0.15) is 17.4 Å². The lowest BCUT2D eigenvalue weighted by Crippen LogP contribution is -2.07. The number of aliphatic hydroxyl groups excluding tert-OH is 1. The van der Waals surface area contributed by atoms with Crippen molar-refractivity contribution in [2.24, 2.45) is 5.73 Å². The van der Waals surface area contributed by atoms with E-state index in [1.54, 1.807) is 12.1 Å². The zero-order valence-corrected chi connectivity index (χ0v) is 14.3. The summed E-state index contributed by atoms with van der Waals surface area (Å²) in [7, 11) is 0. The molecule has 0 atom stereocenters. The number of nitrogen functional groups attached to an aromatic ring is 1. The first-order valence-electron chi connectivity index (χ1n) is 6.84. The molecule has 0 aliphatic heterocycles. The first-order valence-corrected chi connectivity index (χ1v) is 7.52. The van der Waals surface area contributed by atoms with Gasteiger partial charge in [-0.1, -0.05) is 23.7 Å². The number of nitrogens with zero attached hydrogens (tertiary/aromatic N) is 1. The van der Waals surface area contributed by atoms with E-state index in [-0.39, 0.29) is 34.2 Å². The number of ketones is 1. The highest BCUT2D eigenvalue weighted by Crippen LogP contribution is 2.32. The lowest BCUT2D eigenvalue weighted by atomic mass is 10.0. The van der Waals surface area contributed by atoms with Gasteiger partial charge in [-0.2, -0.15) is 0 Å². The molecular weight excluding hydrogens is 373 g/mol. The monoisotopic (exact) mass is 387 g/mol. The number of carbonyl (C=O) groups is 1. The van der Waals surface area contributed by atoms with E-state index >= 15 is 0 Å². The Morgan fingerprint density at radius 2 is 1.88 bits per heavy atom. The lowest BCUT2D eigenvalue weighted by molar-refractivity contribution is -0.385. The number of rotatable bonds is 5. The maximum atomic E-state index is 12.5. The normalized spacial score (nSPS) is 9.76. The van der Waals surface area contributed by atoms with Gasteiger partial charge in [-0.05, 0) is 18.2 Å². The predicted molar refractivity (Wildman–Crippen MR) is 95.0 cm³/mol. The number of carbonyl (C=O) groups excluding carboxylic acids is 1. The van der Waals surface area contributed by atoms with Crippen LogP contribution in [0, 0.1) is 10.1 Å². The van der Waals surface area contributed by atoms with Crippen molar-refractivity contribution in [3.05, 3.63) is 62.7 Å². The summed E-state index contributed by atoms with van der Waals surface area (Å²) < 4.78 is 4.57. The van der Waals surface area contributed by atoms with Crippen LogP contribution in [0.2, 0.25) is 5.02 Å². The van der Waals surface area contributed by atoms with Crippen molar-refractivity contribution in [1.29, 1.82) is 0 Å². The van der Waals surface area contributed by atoms with Crippen LogP contribution in [0.25, 0.3) is 0 Å². The molecule has 0 bridgehead atoms. The third-order valence-electron chi connectivity index (χ3n) is 2.90. The van der Waals surface area contributed by atoms with Crippen LogP contribution in [-0.4, -0.2) is 29.0 Å². The molecule has 134 valence electrons. The summed E-state index contributed by atoms with van der Waals surface area (Å²) in [5, 5.41) is 18.8. The number of hydrogen-bond donors (Lipinski definition) is 3. The summed E-state index contributed by atoms with van der Waals surface area (Å²) in [6.07, 6.45) is 0. The topological polar surface area (TPSA) is 142 Å². The Labute approximate surface area is 153 Å². The van der Waals surface area contributed by atoms with Crippen LogP contribution in [0.5, 0.6) is 5.75 Å². The molecule has 0 radical (unpaired) electrons. The van der Waals surface area contributed by atoms with E-state index in [4.69, 9.17) is 40.0 Å². The van der Waals surface area contributed by atoms with Crippen LogP contribution >= 0.6 is 23.5 Å². The molecule has 0 saturated heterocycles. The smallest absolute Gasteiger partial charge is 0.282 e. The van der Waals surface area contributed by atoms with Crippen LogP contribution in [0.1, 0.15) is 15.9 Å². The Hall–Kier alpha value is -2.39. The molecule has 5 N–H and O–H groups in total. The predicted octanol–water partition coefficient (Wildman–Crippen LogP) is 2.53. The maximum absolute atomic E-state index is 12.5. The van der Waals surface area contributed by atoms with Gasteiger partial charge < -0.3 is 20.9 Å². The molecule has 25 heavy (non-hydrogen) atoms. The number of nitrogens with two attached hydrogens (primary N) is 2. The SMILES string of the molecule is NCCO.Nc1cc(C(=O)c2ccccc2OCl)c([N+](=O)[O-])cc1Cl. The number of para-hydroxylation sites is 1. The molecule has 0 aromatic heterocycles. The molecule has 2 rings (SSSR count). The zero-order valence-electron chi connectivity index (χ0n) is 12.8. The van der Waals surface area contributed by atoms with Gasteiger partial charge in [0.05, 0.1) is 27.8 Å². The van der Waals surface area contributed by atoms with E-state index in [1.807, 2.05) is 0 Å². The molecule has 0 heterocycles. The Balaban J connectivity index is 0.000000705. The molecule has 0 unspecified atom stereocenters. The molecule has 0 fully saturated rings. The van der Waals surface area contributed by atoms with Gasteiger partial charge in [-0.3, -0.25) is 14.9 Å². The first-order chi connectivity index (χ1) is 11.9.